The Morgan fingerprint density at radius 2 is 2.14 bits per heavy atom. The maximum absolute atomic E-state index is 3.52. The van der Waals surface area contributed by atoms with Crippen LogP contribution in [0.2, 0.25) is 0 Å². The summed E-state index contributed by atoms with van der Waals surface area (Å²) in [5.41, 5.74) is 0.547. The van der Waals surface area contributed by atoms with Crippen molar-refractivity contribution in [2.45, 2.75) is 31.6 Å². The topological polar surface area (TPSA) is 15.3 Å². The van der Waals surface area contributed by atoms with Gasteiger partial charge in [-0.2, -0.15) is 11.8 Å². The van der Waals surface area contributed by atoms with Crippen molar-refractivity contribution < 1.29 is 0 Å². The maximum Gasteiger partial charge on any atom is 0.0351 e. The summed E-state index contributed by atoms with van der Waals surface area (Å²) in [5.74, 6) is 0. The molecular weight excluding hydrogens is 192 g/mol. The average Bonchev–Trinajstić information content (AvgIpc) is 2.70. The van der Waals surface area contributed by atoms with Crippen molar-refractivity contribution >= 4 is 11.8 Å². The van der Waals surface area contributed by atoms with E-state index in [2.05, 4.69) is 30.3 Å². The number of hydrogen-bond acceptors (Lipinski definition) is 3. The molecule has 2 fully saturated rings. The molecule has 2 rings (SSSR count). The lowest BCUT2D eigenvalue weighted by molar-refractivity contribution is 0.233. The van der Waals surface area contributed by atoms with Crippen LogP contribution in [-0.4, -0.2) is 48.6 Å². The van der Waals surface area contributed by atoms with Gasteiger partial charge in [0, 0.05) is 30.9 Å². The number of hydrogen-bond donors (Lipinski definition) is 1. The fourth-order valence-corrected chi connectivity index (χ4v) is 3.55. The Hall–Kier alpha value is 0.270. The lowest BCUT2D eigenvalue weighted by Crippen LogP contribution is -2.41. The summed E-state index contributed by atoms with van der Waals surface area (Å²) in [6.45, 7) is 9.77. The molecule has 1 N–H and O–H groups in total. The summed E-state index contributed by atoms with van der Waals surface area (Å²) in [4.78, 5) is 2.70. The second-order valence-corrected chi connectivity index (χ2v) is 6.46. The second kappa shape index (κ2) is 4.03. The molecular formula is C11H22N2S. The van der Waals surface area contributed by atoms with E-state index in [4.69, 9.17) is 0 Å². The molecule has 82 valence electrons. The summed E-state index contributed by atoms with van der Waals surface area (Å²) < 4.78 is 0. The highest BCUT2D eigenvalue weighted by atomic mass is 32.2. The van der Waals surface area contributed by atoms with E-state index in [1.54, 1.807) is 0 Å². The Balaban J connectivity index is 1.95. The van der Waals surface area contributed by atoms with Gasteiger partial charge in [-0.05, 0) is 24.6 Å². The predicted octanol–water partition coefficient (Wildman–Crippen LogP) is 1.42. The van der Waals surface area contributed by atoms with Crippen LogP contribution in [0.25, 0.3) is 0 Å². The molecule has 0 aromatic carbocycles. The zero-order chi connectivity index (χ0) is 10.2. The Labute approximate surface area is 91.8 Å². The first-order chi connectivity index (χ1) is 6.62. The molecule has 0 aromatic heterocycles. The van der Waals surface area contributed by atoms with E-state index >= 15 is 0 Å². The van der Waals surface area contributed by atoms with Crippen LogP contribution in [0.3, 0.4) is 0 Å². The lowest BCUT2D eigenvalue weighted by Gasteiger charge is -2.28. The Kier molecular flexibility index (Phi) is 3.10. The minimum Gasteiger partial charge on any atom is -0.314 e. The molecule has 2 heterocycles. The lowest BCUT2D eigenvalue weighted by atomic mass is 9.93. The molecule has 2 unspecified atom stereocenters. The highest BCUT2D eigenvalue weighted by molar-refractivity contribution is 7.99. The number of likely N-dealkylation sites (tertiary alicyclic amines) is 1. The van der Waals surface area contributed by atoms with Gasteiger partial charge in [-0.25, -0.2) is 0 Å². The first kappa shape index (κ1) is 10.8. The molecule has 2 aliphatic rings. The van der Waals surface area contributed by atoms with Gasteiger partial charge in [0.15, 0.2) is 0 Å². The molecule has 0 bridgehead atoms. The van der Waals surface area contributed by atoms with Crippen LogP contribution in [0.1, 0.15) is 20.3 Å². The van der Waals surface area contributed by atoms with E-state index in [0.29, 0.717) is 5.41 Å². The zero-order valence-corrected chi connectivity index (χ0v) is 10.4. The third-order valence-electron chi connectivity index (χ3n) is 3.61. The SMILES string of the molecule is CSC1CNCC1N1CCC(C)(C)C1. The van der Waals surface area contributed by atoms with Crippen LogP contribution in [0.15, 0.2) is 0 Å². The fourth-order valence-electron chi connectivity index (χ4n) is 2.68. The minimum absolute atomic E-state index is 0.547. The first-order valence-electron chi connectivity index (χ1n) is 5.60. The van der Waals surface area contributed by atoms with E-state index in [1.165, 1.54) is 32.6 Å². The smallest absolute Gasteiger partial charge is 0.0351 e. The summed E-state index contributed by atoms with van der Waals surface area (Å²) >= 11 is 2.02. The van der Waals surface area contributed by atoms with Gasteiger partial charge < -0.3 is 5.32 Å². The molecule has 0 amide bonds. The van der Waals surface area contributed by atoms with Crippen molar-refractivity contribution in [2.24, 2.45) is 5.41 Å². The van der Waals surface area contributed by atoms with Gasteiger partial charge in [0.1, 0.15) is 0 Å². The van der Waals surface area contributed by atoms with Crippen molar-refractivity contribution in [1.82, 2.24) is 10.2 Å². The molecule has 14 heavy (non-hydrogen) atoms. The van der Waals surface area contributed by atoms with E-state index in [1.807, 2.05) is 11.8 Å². The normalized spacial score (nSPS) is 37.9. The number of nitrogens with zero attached hydrogens (tertiary/aromatic N) is 1. The van der Waals surface area contributed by atoms with Gasteiger partial charge in [-0.1, -0.05) is 13.8 Å². The van der Waals surface area contributed by atoms with Gasteiger partial charge in [-0.3, -0.25) is 4.90 Å². The maximum atomic E-state index is 3.52. The van der Waals surface area contributed by atoms with Gasteiger partial charge >= 0.3 is 0 Å². The molecule has 0 spiro atoms. The molecule has 0 aliphatic carbocycles. The van der Waals surface area contributed by atoms with Crippen molar-refractivity contribution in [1.29, 1.82) is 0 Å². The molecule has 2 nitrogen and oxygen atoms in total. The third kappa shape index (κ3) is 2.10. The molecule has 2 saturated heterocycles. The molecule has 2 atom stereocenters. The quantitative estimate of drug-likeness (QED) is 0.748. The van der Waals surface area contributed by atoms with Crippen molar-refractivity contribution in [2.75, 3.05) is 32.4 Å². The molecule has 3 heteroatoms. The van der Waals surface area contributed by atoms with Gasteiger partial charge in [-0.15, -0.1) is 0 Å². The van der Waals surface area contributed by atoms with Gasteiger partial charge in [0.2, 0.25) is 0 Å². The van der Waals surface area contributed by atoms with Crippen LogP contribution in [0.4, 0.5) is 0 Å². The fraction of sp³-hybridized carbons (Fsp3) is 1.00. The summed E-state index contributed by atoms with van der Waals surface area (Å²) in [6, 6.07) is 0.784. The highest BCUT2D eigenvalue weighted by Crippen LogP contribution is 2.32. The summed E-state index contributed by atoms with van der Waals surface area (Å²) in [6.07, 6.45) is 3.61. The van der Waals surface area contributed by atoms with E-state index in [-0.39, 0.29) is 0 Å². The summed E-state index contributed by atoms with van der Waals surface area (Å²) in [7, 11) is 0. The standard InChI is InChI=1S/C11H22N2S/c1-11(2)4-5-13(8-11)9-6-12-7-10(9)14-3/h9-10,12H,4-8H2,1-3H3. The van der Waals surface area contributed by atoms with Crippen molar-refractivity contribution in [3.8, 4) is 0 Å². The highest BCUT2D eigenvalue weighted by Gasteiger charge is 2.38. The molecule has 0 radical (unpaired) electrons. The Bertz CT molecular complexity index is 205. The average molecular weight is 214 g/mol. The Morgan fingerprint density at radius 3 is 2.71 bits per heavy atom. The van der Waals surface area contributed by atoms with Crippen LogP contribution in [0, 0.1) is 5.41 Å². The van der Waals surface area contributed by atoms with E-state index in [9.17, 15) is 0 Å². The first-order valence-corrected chi connectivity index (χ1v) is 6.89. The number of nitrogens with one attached hydrogen (secondary N) is 1. The van der Waals surface area contributed by atoms with E-state index < -0.39 is 0 Å². The third-order valence-corrected chi connectivity index (χ3v) is 4.69. The largest absolute Gasteiger partial charge is 0.314 e. The number of thioether (sulfide) groups is 1. The van der Waals surface area contributed by atoms with Crippen LogP contribution in [-0.2, 0) is 0 Å². The van der Waals surface area contributed by atoms with Gasteiger partial charge in [0.05, 0.1) is 0 Å². The molecule has 0 aromatic rings. The molecule has 2 aliphatic heterocycles. The van der Waals surface area contributed by atoms with Crippen LogP contribution >= 0.6 is 11.8 Å². The van der Waals surface area contributed by atoms with Gasteiger partial charge in [0.25, 0.3) is 0 Å². The number of rotatable bonds is 2. The monoisotopic (exact) mass is 214 g/mol. The molecule has 0 saturated carbocycles. The van der Waals surface area contributed by atoms with Crippen LogP contribution < -0.4 is 5.32 Å². The zero-order valence-electron chi connectivity index (χ0n) is 9.55. The minimum atomic E-state index is 0.547. The Morgan fingerprint density at radius 1 is 1.36 bits per heavy atom. The second-order valence-electron chi connectivity index (χ2n) is 5.38. The van der Waals surface area contributed by atoms with Crippen molar-refractivity contribution in [3.05, 3.63) is 0 Å². The predicted molar refractivity (Wildman–Crippen MR) is 63.9 cm³/mol. The summed E-state index contributed by atoms with van der Waals surface area (Å²) in [5, 5.41) is 4.32. The van der Waals surface area contributed by atoms with E-state index in [0.717, 1.165) is 11.3 Å². The van der Waals surface area contributed by atoms with Crippen LogP contribution in [0.5, 0.6) is 0 Å². The van der Waals surface area contributed by atoms with Crippen molar-refractivity contribution in [3.63, 3.8) is 0 Å².